The van der Waals surface area contributed by atoms with Gasteiger partial charge in [-0.3, -0.25) is 0 Å². The lowest BCUT2D eigenvalue weighted by Crippen LogP contribution is -2.38. The summed E-state index contributed by atoms with van der Waals surface area (Å²) >= 11 is 7.23. The fourth-order valence-electron chi connectivity index (χ4n) is 2.84. The SMILES string of the molecule is N#C/C(=C\c1cnc(N2CCC(C(F)(F)F)CC2)s1)c1ccc(Cl)cc1. The summed E-state index contributed by atoms with van der Waals surface area (Å²) in [4.78, 5) is 6.97. The molecular weight excluding hydrogens is 383 g/mol. The van der Waals surface area contributed by atoms with Gasteiger partial charge in [0.2, 0.25) is 0 Å². The van der Waals surface area contributed by atoms with Crippen LogP contribution in [0.2, 0.25) is 5.02 Å². The number of benzene rings is 1. The van der Waals surface area contributed by atoms with Crippen LogP contribution in [0.3, 0.4) is 0 Å². The van der Waals surface area contributed by atoms with Gasteiger partial charge < -0.3 is 4.90 Å². The molecule has 3 nitrogen and oxygen atoms in total. The highest BCUT2D eigenvalue weighted by atomic mass is 35.5. The molecule has 1 aromatic heterocycles. The molecule has 1 fully saturated rings. The second-order valence-electron chi connectivity index (χ2n) is 6.02. The third-order valence-electron chi connectivity index (χ3n) is 4.30. The van der Waals surface area contributed by atoms with Crippen molar-refractivity contribution in [2.75, 3.05) is 18.0 Å². The van der Waals surface area contributed by atoms with E-state index in [1.54, 1.807) is 36.5 Å². The van der Waals surface area contributed by atoms with E-state index in [0.717, 1.165) is 10.4 Å². The summed E-state index contributed by atoms with van der Waals surface area (Å²) in [6.07, 6.45) is -0.579. The monoisotopic (exact) mass is 397 g/mol. The Hall–Kier alpha value is -2.04. The van der Waals surface area contributed by atoms with Crippen molar-refractivity contribution in [1.82, 2.24) is 4.98 Å². The fraction of sp³-hybridized carbons (Fsp3) is 0.333. The summed E-state index contributed by atoms with van der Waals surface area (Å²) in [6, 6.07) is 9.11. The lowest BCUT2D eigenvalue weighted by Gasteiger charge is -2.32. The van der Waals surface area contributed by atoms with Gasteiger partial charge in [-0.1, -0.05) is 35.1 Å². The Balaban J connectivity index is 1.72. The number of hydrogen-bond donors (Lipinski definition) is 0. The summed E-state index contributed by atoms with van der Waals surface area (Å²) in [5.74, 6) is -1.23. The van der Waals surface area contributed by atoms with Crippen LogP contribution >= 0.6 is 22.9 Å². The van der Waals surface area contributed by atoms with Crippen molar-refractivity contribution in [3.05, 3.63) is 45.9 Å². The molecule has 2 heterocycles. The molecule has 0 N–H and O–H groups in total. The molecule has 3 rings (SSSR count). The zero-order chi connectivity index (χ0) is 18.7. The number of nitrogens with zero attached hydrogens (tertiary/aromatic N) is 3. The van der Waals surface area contributed by atoms with E-state index < -0.39 is 12.1 Å². The van der Waals surface area contributed by atoms with Crippen LogP contribution in [0.15, 0.2) is 30.5 Å². The van der Waals surface area contributed by atoms with Crippen molar-refractivity contribution in [3.8, 4) is 6.07 Å². The molecule has 0 atom stereocenters. The maximum Gasteiger partial charge on any atom is 0.391 e. The molecule has 0 radical (unpaired) electrons. The summed E-state index contributed by atoms with van der Waals surface area (Å²) < 4.78 is 38.3. The van der Waals surface area contributed by atoms with Gasteiger partial charge in [0.25, 0.3) is 0 Å². The Labute approximate surface area is 158 Å². The first kappa shape index (κ1) is 18.7. The predicted molar refractivity (Wildman–Crippen MR) is 98.0 cm³/mol. The Morgan fingerprint density at radius 1 is 1.27 bits per heavy atom. The molecule has 136 valence electrons. The summed E-state index contributed by atoms with van der Waals surface area (Å²) in [5.41, 5.74) is 1.23. The topological polar surface area (TPSA) is 39.9 Å². The van der Waals surface area contributed by atoms with Crippen molar-refractivity contribution in [2.45, 2.75) is 19.0 Å². The zero-order valence-electron chi connectivity index (χ0n) is 13.6. The smallest absolute Gasteiger partial charge is 0.348 e. The number of halogens is 4. The minimum atomic E-state index is -4.12. The van der Waals surface area contributed by atoms with Crippen LogP contribution in [0.5, 0.6) is 0 Å². The van der Waals surface area contributed by atoms with Gasteiger partial charge in [-0.2, -0.15) is 18.4 Å². The Morgan fingerprint density at radius 2 is 1.92 bits per heavy atom. The molecule has 8 heteroatoms. The van der Waals surface area contributed by atoms with Crippen molar-refractivity contribution in [3.63, 3.8) is 0 Å². The van der Waals surface area contributed by atoms with E-state index in [9.17, 15) is 18.4 Å². The molecule has 0 spiro atoms. The summed E-state index contributed by atoms with van der Waals surface area (Å²) in [6.45, 7) is 0.673. The predicted octanol–water partition coefficient (Wildman–Crippen LogP) is 5.64. The van der Waals surface area contributed by atoms with E-state index in [0.29, 0.717) is 28.8 Å². The van der Waals surface area contributed by atoms with Crippen LogP contribution in [0.1, 0.15) is 23.3 Å². The molecule has 0 saturated carbocycles. The van der Waals surface area contributed by atoms with Gasteiger partial charge in [0.05, 0.1) is 22.4 Å². The quantitative estimate of drug-likeness (QED) is 0.629. The molecule has 26 heavy (non-hydrogen) atoms. The Kier molecular flexibility index (Phi) is 5.54. The fourth-order valence-corrected chi connectivity index (χ4v) is 3.88. The van der Waals surface area contributed by atoms with Crippen molar-refractivity contribution in [1.29, 1.82) is 5.26 Å². The van der Waals surface area contributed by atoms with E-state index in [2.05, 4.69) is 11.1 Å². The second-order valence-corrected chi connectivity index (χ2v) is 7.50. The zero-order valence-corrected chi connectivity index (χ0v) is 15.2. The summed E-state index contributed by atoms with van der Waals surface area (Å²) in [7, 11) is 0. The average molecular weight is 398 g/mol. The molecule has 0 bridgehead atoms. The maximum absolute atomic E-state index is 12.8. The van der Waals surface area contributed by atoms with Crippen LogP contribution in [-0.4, -0.2) is 24.2 Å². The number of hydrogen-bond acceptors (Lipinski definition) is 4. The number of rotatable bonds is 3. The van der Waals surface area contributed by atoms with Crippen LogP contribution < -0.4 is 4.90 Å². The molecular formula is C18H15ClF3N3S. The molecule has 1 aliphatic heterocycles. The minimum Gasteiger partial charge on any atom is -0.348 e. The molecule has 0 unspecified atom stereocenters. The third kappa shape index (κ3) is 4.37. The number of piperidine rings is 1. The first-order chi connectivity index (χ1) is 12.4. The highest BCUT2D eigenvalue weighted by molar-refractivity contribution is 7.16. The van der Waals surface area contributed by atoms with E-state index in [1.165, 1.54) is 11.3 Å². The number of alkyl halides is 3. The van der Waals surface area contributed by atoms with Crippen molar-refractivity contribution in [2.24, 2.45) is 5.92 Å². The van der Waals surface area contributed by atoms with E-state index >= 15 is 0 Å². The first-order valence-corrected chi connectivity index (χ1v) is 9.21. The second kappa shape index (κ2) is 7.68. The number of nitriles is 1. The van der Waals surface area contributed by atoms with Gasteiger partial charge in [-0.25, -0.2) is 4.98 Å². The molecule has 0 amide bonds. The normalized spacial score (nSPS) is 16.6. The Morgan fingerprint density at radius 3 is 2.50 bits per heavy atom. The Bertz CT molecular complexity index is 829. The lowest BCUT2D eigenvalue weighted by molar-refractivity contribution is -0.179. The van der Waals surface area contributed by atoms with E-state index in [4.69, 9.17) is 11.6 Å². The number of anilines is 1. The van der Waals surface area contributed by atoms with Gasteiger partial charge in [0.1, 0.15) is 0 Å². The molecule has 0 aliphatic carbocycles. The largest absolute Gasteiger partial charge is 0.391 e. The summed E-state index contributed by atoms with van der Waals surface area (Å²) in [5, 5.41) is 10.7. The first-order valence-electron chi connectivity index (χ1n) is 8.02. The highest BCUT2D eigenvalue weighted by Crippen LogP contribution is 2.36. The van der Waals surface area contributed by atoms with Gasteiger partial charge in [-0.15, -0.1) is 0 Å². The molecule has 2 aromatic rings. The van der Waals surface area contributed by atoms with Gasteiger partial charge in [-0.05, 0) is 36.6 Å². The van der Waals surface area contributed by atoms with Crippen LogP contribution in [0, 0.1) is 17.2 Å². The minimum absolute atomic E-state index is 0.0858. The number of allylic oxidation sites excluding steroid dienone is 1. The lowest BCUT2D eigenvalue weighted by atomic mass is 9.97. The highest BCUT2D eigenvalue weighted by Gasteiger charge is 2.41. The van der Waals surface area contributed by atoms with E-state index in [1.807, 2.05) is 4.90 Å². The van der Waals surface area contributed by atoms with Crippen LogP contribution in [0.4, 0.5) is 18.3 Å². The van der Waals surface area contributed by atoms with Crippen molar-refractivity contribution >= 4 is 39.7 Å². The van der Waals surface area contributed by atoms with Crippen LogP contribution in [0.25, 0.3) is 11.6 Å². The number of thiazole rings is 1. The maximum atomic E-state index is 12.8. The molecule has 1 aliphatic rings. The molecule has 1 saturated heterocycles. The van der Waals surface area contributed by atoms with Crippen LogP contribution in [-0.2, 0) is 0 Å². The van der Waals surface area contributed by atoms with Crippen molar-refractivity contribution < 1.29 is 13.2 Å². The molecule has 1 aromatic carbocycles. The standard InChI is InChI=1S/C18H15ClF3N3S/c19-15-3-1-12(2-4-15)13(10-23)9-16-11-24-17(26-16)25-7-5-14(6-8-25)18(20,21)22/h1-4,9,11,14H,5-8H2/b13-9+. The van der Waals surface area contributed by atoms with E-state index in [-0.39, 0.29) is 12.8 Å². The average Bonchev–Trinajstić information content (AvgIpc) is 3.08. The number of aromatic nitrogens is 1. The van der Waals surface area contributed by atoms with Gasteiger partial charge in [0.15, 0.2) is 5.13 Å². The van der Waals surface area contributed by atoms with Gasteiger partial charge in [0, 0.05) is 24.3 Å². The van der Waals surface area contributed by atoms with Gasteiger partial charge >= 0.3 is 6.18 Å². The third-order valence-corrected chi connectivity index (χ3v) is 5.56.